The van der Waals surface area contributed by atoms with Gasteiger partial charge in [0.15, 0.2) is 0 Å². The van der Waals surface area contributed by atoms with Crippen molar-refractivity contribution in [3.8, 4) is 0 Å². The minimum Gasteiger partial charge on any atom is -0.344 e. The fourth-order valence-corrected chi connectivity index (χ4v) is 0.685. The summed E-state index contributed by atoms with van der Waals surface area (Å²) in [4.78, 5) is 0. The molecule has 0 saturated carbocycles. The molecule has 0 aliphatic rings. The van der Waals surface area contributed by atoms with Gasteiger partial charge in [0, 0.05) is 6.42 Å². The molecule has 0 unspecified atom stereocenters. The van der Waals surface area contributed by atoms with E-state index in [1.54, 1.807) is 0 Å². The Hall–Kier alpha value is 0.610. The average Bonchev–Trinajstić information content (AvgIpc) is 1.59. The van der Waals surface area contributed by atoms with E-state index in [4.69, 9.17) is 15.3 Å². The second kappa shape index (κ2) is 3.60. The van der Waals surface area contributed by atoms with Crippen molar-refractivity contribution in [2.75, 3.05) is 4.43 Å². The van der Waals surface area contributed by atoms with Gasteiger partial charge in [-0.1, -0.05) is 22.6 Å². The fourth-order valence-electron chi connectivity index (χ4n) is 0.304. The minimum atomic E-state index is -2.45. The van der Waals surface area contributed by atoms with Crippen LogP contribution < -0.4 is 0 Å². The van der Waals surface area contributed by atoms with Gasteiger partial charge in [0.1, 0.15) is 0 Å². The largest absolute Gasteiger partial charge is 0.344 e. The molecule has 0 atom stereocenters. The summed E-state index contributed by atoms with van der Waals surface area (Å²) in [5.74, 6) is -2.45. The zero-order valence-corrected chi connectivity index (χ0v) is 6.50. The van der Waals surface area contributed by atoms with E-state index in [0.29, 0.717) is 6.42 Å². The van der Waals surface area contributed by atoms with Gasteiger partial charge in [-0.3, -0.25) is 0 Å². The molecule has 0 aliphatic carbocycles. The van der Waals surface area contributed by atoms with Crippen molar-refractivity contribution in [2.45, 2.75) is 18.8 Å². The molecule has 0 rings (SSSR count). The summed E-state index contributed by atoms with van der Waals surface area (Å²) in [6.45, 7) is 0. The molecule has 0 radical (unpaired) electrons. The van der Waals surface area contributed by atoms with Crippen LogP contribution in [0.5, 0.6) is 0 Å². The Labute approximate surface area is 61.5 Å². The van der Waals surface area contributed by atoms with E-state index in [1.165, 1.54) is 0 Å². The van der Waals surface area contributed by atoms with Gasteiger partial charge in [-0.05, 0) is 10.8 Å². The van der Waals surface area contributed by atoms with E-state index < -0.39 is 5.97 Å². The fraction of sp³-hybridized carbons (Fsp3) is 1.00. The van der Waals surface area contributed by atoms with Crippen LogP contribution in [-0.2, 0) is 0 Å². The molecule has 0 aliphatic heterocycles. The van der Waals surface area contributed by atoms with Crippen LogP contribution in [0.15, 0.2) is 0 Å². The van der Waals surface area contributed by atoms with E-state index in [1.807, 2.05) is 0 Å². The Morgan fingerprint density at radius 1 is 1.25 bits per heavy atom. The second-order valence-corrected chi connectivity index (χ2v) is 2.65. The van der Waals surface area contributed by atoms with Crippen LogP contribution >= 0.6 is 22.6 Å². The maximum absolute atomic E-state index is 8.26. The first-order valence-electron chi connectivity index (χ1n) is 2.29. The molecule has 3 N–H and O–H groups in total. The van der Waals surface area contributed by atoms with Gasteiger partial charge in [-0.15, -0.1) is 0 Å². The molecule has 3 nitrogen and oxygen atoms in total. The molecule has 0 aromatic heterocycles. The van der Waals surface area contributed by atoms with Gasteiger partial charge < -0.3 is 15.3 Å². The SMILES string of the molecule is OC(O)(O)CCCI. The number of aliphatic hydroxyl groups is 3. The highest BCUT2D eigenvalue weighted by molar-refractivity contribution is 14.1. The Morgan fingerprint density at radius 3 is 1.88 bits per heavy atom. The summed E-state index contributed by atoms with van der Waals surface area (Å²) in [5.41, 5.74) is 0. The highest BCUT2D eigenvalue weighted by atomic mass is 127. The summed E-state index contributed by atoms with van der Waals surface area (Å²) < 4.78 is 0.821. The molecule has 0 fully saturated rings. The lowest BCUT2D eigenvalue weighted by molar-refractivity contribution is -0.314. The van der Waals surface area contributed by atoms with Gasteiger partial charge >= 0.3 is 0 Å². The maximum atomic E-state index is 8.26. The average molecular weight is 232 g/mol. The molecular weight excluding hydrogens is 223 g/mol. The Balaban J connectivity index is 3.11. The molecule has 0 bridgehead atoms. The molecule has 0 spiro atoms. The lowest BCUT2D eigenvalue weighted by Crippen LogP contribution is -2.26. The van der Waals surface area contributed by atoms with Crippen molar-refractivity contribution in [3.05, 3.63) is 0 Å². The van der Waals surface area contributed by atoms with Crippen molar-refractivity contribution in [3.63, 3.8) is 0 Å². The highest BCUT2D eigenvalue weighted by Gasteiger charge is 2.15. The Kier molecular flexibility index (Phi) is 3.87. The van der Waals surface area contributed by atoms with E-state index in [9.17, 15) is 0 Å². The monoisotopic (exact) mass is 232 g/mol. The van der Waals surface area contributed by atoms with Crippen LogP contribution in [-0.4, -0.2) is 25.7 Å². The van der Waals surface area contributed by atoms with Crippen LogP contribution in [0.1, 0.15) is 12.8 Å². The quantitative estimate of drug-likeness (QED) is 0.359. The molecule has 8 heavy (non-hydrogen) atoms. The summed E-state index contributed by atoms with van der Waals surface area (Å²) in [6.07, 6.45) is 0.639. The summed E-state index contributed by atoms with van der Waals surface area (Å²) in [5, 5.41) is 24.8. The number of hydrogen-bond donors (Lipinski definition) is 3. The summed E-state index contributed by atoms with van der Waals surface area (Å²) in [6, 6.07) is 0. The van der Waals surface area contributed by atoms with E-state index >= 15 is 0 Å². The topological polar surface area (TPSA) is 60.7 Å². The van der Waals surface area contributed by atoms with Crippen LogP contribution in [0.2, 0.25) is 0 Å². The Morgan fingerprint density at radius 2 is 1.75 bits per heavy atom. The van der Waals surface area contributed by atoms with Gasteiger partial charge in [-0.25, -0.2) is 0 Å². The third-order valence-corrected chi connectivity index (χ3v) is 1.41. The highest BCUT2D eigenvalue weighted by Crippen LogP contribution is 2.04. The second-order valence-electron chi connectivity index (χ2n) is 1.57. The van der Waals surface area contributed by atoms with Crippen LogP contribution in [0, 0.1) is 0 Å². The molecule has 50 valence electrons. The third kappa shape index (κ3) is 6.61. The predicted molar refractivity (Wildman–Crippen MR) is 37.5 cm³/mol. The first kappa shape index (κ1) is 8.61. The van der Waals surface area contributed by atoms with Crippen LogP contribution in [0.25, 0.3) is 0 Å². The molecule has 0 aromatic rings. The smallest absolute Gasteiger partial charge is 0.275 e. The molecule has 0 heterocycles. The van der Waals surface area contributed by atoms with Crippen molar-refractivity contribution >= 4 is 22.6 Å². The standard InChI is InChI=1S/C4H9IO3/c5-3-1-2-4(6,7)8/h6-8H,1-3H2. The van der Waals surface area contributed by atoms with Crippen molar-refractivity contribution < 1.29 is 15.3 Å². The zero-order valence-electron chi connectivity index (χ0n) is 4.34. The molecule has 4 heteroatoms. The maximum Gasteiger partial charge on any atom is 0.275 e. The third-order valence-electron chi connectivity index (χ3n) is 0.646. The Bertz CT molecular complexity index is 58.8. The van der Waals surface area contributed by atoms with Crippen molar-refractivity contribution in [1.29, 1.82) is 0 Å². The van der Waals surface area contributed by atoms with Crippen LogP contribution in [0.3, 0.4) is 0 Å². The van der Waals surface area contributed by atoms with E-state index in [0.717, 1.165) is 4.43 Å². The normalized spacial score (nSPS) is 12.0. The molecular formula is C4H9IO3. The minimum absolute atomic E-state index is 0.0237. The van der Waals surface area contributed by atoms with Gasteiger partial charge in [0.2, 0.25) is 0 Å². The lowest BCUT2D eigenvalue weighted by Gasteiger charge is -2.11. The van der Waals surface area contributed by atoms with Crippen molar-refractivity contribution in [1.82, 2.24) is 0 Å². The first-order chi connectivity index (χ1) is 3.56. The van der Waals surface area contributed by atoms with Crippen molar-refractivity contribution in [2.24, 2.45) is 0 Å². The predicted octanol–water partition coefficient (Wildman–Crippen LogP) is -0.168. The molecule has 0 saturated heterocycles. The van der Waals surface area contributed by atoms with E-state index in [2.05, 4.69) is 22.6 Å². The molecule has 0 amide bonds. The van der Waals surface area contributed by atoms with E-state index in [-0.39, 0.29) is 6.42 Å². The van der Waals surface area contributed by atoms with Gasteiger partial charge in [-0.2, -0.15) is 0 Å². The molecule has 0 aromatic carbocycles. The zero-order chi connectivity index (χ0) is 6.62. The summed E-state index contributed by atoms with van der Waals surface area (Å²) in [7, 11) is 0. The summed E-state index contributed by atoms with van der Waals surface area (Å²) >= 11 is 2.09. The number of halogens is 1. The number of alkyl halides is 1. The number of hydrogen-bond acceptors (Lipinski definition) is 3. The first-order valence-corrected chi connectivity index (χ1v) is 3.82. The van der Waals surface area contributed by atoms with Crippen LogP contribution in [0.4, 0.5) is 0 Å². The number of rotatable bonds is 3. The van der Waals surface area contributed by atoms with Gasteiger partial charge in [0.05, 0.1) is 0 Å². The van der Waals surface area contributed by atoms with Gasteiger partial charge in [0.25, 0.3) is 5.97 Å². The lowest BCUT2D eigenvalue weighted by atomic mass is 10.3.